The molecule has 0 aliphatic heterocycles. The van der Waals surface area contributed by atoms with Crippen molar-refractivity contribution >= 4 is 64.1 Å². The molecule has 9 amide bonds. The van der Waals surface area contributed by atoms with Crippen LogP contribution in [-0.4, -0.2) is 130 Å². The first-order valence-electron chi connectivity index (χ1n) is 28.5. The van der Waals surface area contributed by atoms with Crippen molar-refractivity contribution in [3.8, 4) is 5.75 Å². The summed E-state index contributed by atoms with van der Waals surface area (Å²) in [6.45, 7) is 9.79. The van der Waals surface area contributed by atoms with E-state index in [1.54, 1.807) is 99.8 Å². The third kappa shape index (κ3) is 21.0. The van der Waals surface area contributed by atoms with Gasteiger partial charge in [0.1, 0.15) is 48.0 Å². The summed E-state index contributed by atoms with van der Waals surface area (Å²) in [7, 11) is 0. The van der Waals surface area contributed by atoms with Gasteiger partial charge in [0.2, 0.25) is 53.2 Å². The Labute approximate surface area is 490 Å². The van der Waals surface area contributed by atoms with Crippen LogP contribution in [0.3, 0.4) is 0 Å². The number of fused-ring (bicyclic) bond motifs is 1. The Morgan fingerprint density at radius 3 is 1.58 bits per heavy atom. The Morgan fingerprint density at radius 2 is 1.00 bits per heavy atom. The number of benzene rings is 4. The molecule has 15 N–H and O–H groups in total. The lowest BCUT2D eigenvalue weighted by atomic mass is 9.98. The third-order valence-electron chi connectivity index (χ3n) is 14.2. The molecule has 0 radical (unpaired) electrons. The maximum absolute atomic E-state index is 14.5. The number of aromatic nitrogens is 1. The van der Waals surface area contributed by atoms with Gasteiger partial charge in [0.15, 0.2) is 0 Å². The number of aliphatic hydroxyl groups is 1. The number of unbranched alkanes of at least 4 members (excludes halogenated alkanes) is 1. The van der Waals surface area contributed by atoms with E-state index in [0.29, 0.717) is 36.1 Å². The van der Waals surface area contributed by atoms with Crippen LogP contribution in [0, 0.1) is 17.8 Å². The topological polar surface area (TPSA) is 358 Å². The summed E-state index contributed by atoms with van der Waals surface area (Å²) in [5.74, 6) is -7.90. The average molecular weight is 1160 g/mol. The van der Waals surface area contributed by atoms with Crippen LogP contribution in [0.4, 0.5) is 0 Å². The minimum atomic E-state index is -1.65. The Hall–Kier alpha value is -8.63. The second-order valence-corrected chi connectivity index (χ2v) is 22.1. The predicted molar refractivity (Wildman–Crippen MR) is 318 cm³/mol. The quantitative estimate of drug-likeness (QED) is 0.0268. The highest BCUT2D eigenvalue weighted by molar-refractivity contribution is 5.98. The summed E-state index contributed by atoms with van der Waals surface area (Å²) in [6.07, 6.45) is 2.19. The van der Waals surface area contributed by atoms with Crippen molar-refractivity contribution in [2.45, 2.75) is 141 Å². The molecule has 0 bridgehead atoms. The molecule has 22 heteroatoms. The molecule has 0 saturated heterocycles. The number of para-hydroxylation sites is 1. The summed E-state index contributed by atoms with van der Waals surface area (Å²) in [6, 6.07) is 21.9. The highest BCUT2D eigenvalue weighted by atomic mass is 16.3. The summed E-state index contributed by atoms with van der Waals surface area (Å²) >= 11 is 0. The minimum absolute atomic E-state index is 0.0125. The molecule has 452 valence electrons. The van der Waals surface area contributed by atoms with Crippen LogP contribution in [0.2, 0.25) is 0 Å². The van der Waals surface area contributed by atoms with Crippen molar-refractivity contribution in [1.29, 1.82) is 0 Å². The fourth-order valence-corrected chi connectivity index (χ4v) is 9.46. The second-order valence-electron chi connectivity index (χ2n) is 22.1. The molecule has 5 aromatic rings. The second kappa shape index (κ2) is 32.9. The third-order valence-corrected chi connectivity index (χ3v) is 14.2. The smallest absolute Gasteiger partial charge is 0.245 e. The summed E-state index contributed by atoms with van der Waals surface area (Å²) in [4.78, 5) is 128. The van der Waals surface area contributed by atoms with Crippen molar-refractivity contribution in [1.82, 2.24) is 47.5 Å². The van der Waals surface area contributed by atoms with E-state index in [9.17, 15) is 53.4 Å². The lowest BCUT2D eigenvalue weighted by molar-refractivity contribution is -0.136. The van der Waals surface area contributed by atoms with Crippen molar-refractivity contribution in [2.75, 3.05) is 13.1 Å². The molecule has 0 saturated carbocycles. The Kier molecular flexibility index (Phi) is 25.9. The van der Waals surface area contributed by atoms with Crippen molar-refractivity contribution in [3.05, 3.63) is 138 Å². The zero-order chi connectivity index (χ0) is 61.5. The van der Waals surface area contributed by atoms with E-state index in [1.807, 2.05) is 38.1 Å². The van der Waals surface area contributed by atoms with Crippen LogP contribution in [0.15, 0.2) is 115 Å². The molecule has 22 nitrogen and oxygen atoms in total. The molecule has 1 heterocycles. The van der Waals surface area contributed by atoms with Gasteiger partial charge in [-0.05, 0) is 85.0 Å². The normalized spacial score (nSPS) is 14.5. The van der Waals surface area contributed by atoms with Crippen LogP contribution in [0.5, 0.6) is 5.75 Å². The van der Waals surface area contributed by atoms with E-state index >= 15 is 0 Å². The van der Waals surface area contributed by atoms with Gasteiger partial charge in [0.25, 0.3) is 0 Å². The van der Waals surface area contributed by atoms with E-state index in [2.05, 4.69) is 47.5 Å². The molecular formula is C62H83N11O11. The molecule has 9 atom stereocenters. The fraction of sp³-hybridized carbons (Fsp3) is 0.435. The Bertz CT molecular complexity index is 2990. The highest BCUT2D eigenvalue weighted by Crippen LogP contribution is 2.20. The SMILES string of the molecule is CC(C)C[C@H](NC(=O)[C@H](Cc1ccc(O)cc1)NC(=O)[C@@H](C)CCCCN)C(=O)N[C@@H](Cc1c[nH]c2ccccc12)C(=O)NCC(=O)N[C@@H](Cc1ccccc1)C(=O)N[C@H](C(=O)N[C@H](C(=O)N[C@@H](Cc1ccccc1)C(N)=O)C(C)C)[C@@H](C)O. The van der Waals surface area contributed by atoms with Gasteiger partial charge < -0.3 is 69.2 Å². The molecule has 4 aromatic carbocycles. The van der Waals surface area contributed by atoms with Crippen molar-refractivity contribution in [2.24, 2.45) is 29.2 Å². The zero-order valence-electron chi connectivity index (χ0n) is 48.6. The maximum Gasteiger partial charge on any atom is 0.245 e. The van der Waals surface area contributed by atoms with Gasteiger partial charge in [-0.2, -0.15) is 0 Å². The Balaban J connectivity index is 1.33. The first-order valence-corrected chi connectivity index (χ1v) is 28.5. The number of aliphatic hydroxyl groups excluding tert-OH is 1. The standard InChI is InChI=1S/C62H83N11O11/c1-36(2)29-48(70-59(81)50(32-42-24-26-44(75)27-25-42)69-56(78)38(5)17-15-16-28-63)58(80)71-51(33-43-34-65-46-23-14-13-22-45(43)46)57(79)66-35-52(76)67-49(31-41-20-11-8-12-21-41)60(82)73-54(39(6)74)62(84)72-53(37(3)4)61(83)68-47(55(64)77)30-40-18-9-7-10-19-40/h7-14,18-27,34,36-39,47-51,53-54,65,74-75H,15-17,28-33,35,63H2,1-6H3,(H2,64,77)(H,66,79)(H,67,76)(H,68,83)(H,69,78)(H,70,81)(H,71,80)(H,72,84)(H,73,82)/t38-,39+,47-,48-,49-,50-,51-,53-,54-/m0/s1. The first-order chi connectivity index (χ1) is 40.0. The molecule has 0 unspecified atom stereocenters. The van der Waals surface area contributed by atoms with Gasteiger partial charge >= 0.3 is 0 Å². The number of carbonyl (C=O) groups excluding carboxylic acids is 9. The Morgan fingerprint density at radius 1 is 0.512 bits per heavy atom. The van der Waals surface area contributed by atoms with Gasteiger partial charge in [0, 0.05) is 48.7 Å². The van der Waals surface area contributed by atoms with Crippen LogP contribution in [0.1, 0.15) is 89.5 Å². The van der Waals surface area contributed by atoms with Gasteiger partial charge in [-0.15, -0.1) is 0 Å². The lowest BCUT2D eigenvalue weighted by Crippen LogP contribution is -2.62. The molecule has 1 aromatic heterocycles. The number of amides is 9. The number of primary amides is 1. The number of nitrogens with one attached hydrogen (secondary N) is 9. The average Bonchev–Trinajstić information content (AvgIpc) is 3.97. The van der Waals surface area contributed by atoms with E-state index in [0.717, 1.165) is 22.9 Å². The lowest BCUT2D eigenvalue weighted by Gasteiger charge is -2.29. The summed E-state index contributed by atoms with van der Waals surface area (Å²) < 4.78 is 0. The maximum atomic E-state index is 14.5. The highest BCUT2D eigenvalue weighted by Gasteiger charge is 2.36. The minimum Gasteiger partial charge on any atom is -0.508 e. The number of aromatic amines is 1. The molecule has 84 heavy (non-hydrogen) atoms. The number of H-pyrrole nitrogens is 1. The zero-order valence-corrected chi connectivity index (χ0v) is 48.6. The predicted octanol–water partition coefficient (Wildman–Crippen LogP) is 1.99. The molecule has 0 spiro atoms. The largest absolute Gasteiger partial charge is 0.508 e. The van der Waals surface area contributed by atoms with Gasteiger partial charge in [-0.3, -0.25) is 43.2 Å². The number of nitrogens with two attached hydrogens (primary N) is 2. The van der Waals surface area contributed by atoms with Gasteiger partial charge in [-0.25, -0.2) is 0 Å². The van der Waals surface area contributed by atoms with E-state index in [4.69, 9.17) is 11.5 Å². The van der Waals surface area contributed by atoms with Crippen LogP contribution >= 0.6 is 0 Å². The number of hydrogen-bond acceptors (Lipinski definition) is 12. The van der Waals surface area contributed by atoms with E-state index in [-0.39, 0.29) is 49.7 Å². The monoisotopic (exact) mass is 1160 g/mol. The number of hydrogen-bond donors (Lipinski definition) is 13. The van der Waals surface area contributed by atoms with E-state index in [1.165, 1.54) is 19.1 Å². The van der Waals surface area contributed by atoms with Gasteiger partial charge in [0.05, 0.1) is 12.6 Å². The van der Waals surface area contributed by atoms with Crippen LogP contribution in [0.25, 0.3) is 10.9 Å². The molecule has 0 aliphatic carbocycles. The number of aromatic hydroxyl groups is 1. The van der Waals surface area contributed by atoms with Crippen LogP contribution in [-0.2, 0) is 68.8 Å². The summed E-state index contributed by atoms with van der Waals surface area (Å²) in [5, 5.41) is 43.1. The molecule has 0 aliphatic rings. The number of phenolic OH excluding ortho intramolecular Hbond substituents is 1. The molecule has 0 fully saturated rings. The van der Waals surface area contributed by atoms with Crippen LogP contribution < -0.4 is 54.0 Å². The van der Waals surface area contributed by atoms with Crippen molar-refractivity contribution < 1.29 is 53.4 Å². The molecular weight excluding hydrogens is 1070 g/mol. The number of phenols is 1. The summed E-state index contributed by atoms with van der Waals surface area (Å²) in [5.41, 5.74) is 14.7. The fourth-order valence-electron chi connectivity index (χ4n) is 9.46. The van der Waals surface area contributed by atoms with Gasteiger partial charge in [-0.1, -0.05) is 132 Å². The van der Waals surface area contributed by atoms with Crippen molar-refractivity contribution in [3.63, 3.8) is 0 Å². The first kappa shape index (κ1) is 66.2. The van der Waals surface area contributed by atoms with E-state index < -0.39 is 114 Å². The number of carbonyl (C=O) groups is 9. The number of rotatable bonds is 33. The molecule has 5 rings (SSSR count).